The second-order valence-electron chi connectivity index (χ2n) is 4.48. The molecular weight excluding hydrogens is 282 g/mol. The smallest absolute Gasteiger partial charge is 0.0406 e. The van der Waals surface area contributed by atoms with Gasteiger partial charge in [-0.2, -0.15) is 23.5 Å². The number of likely N-dealkylation sites (N-methyl/N-ethyl adjacent to an activating group) is 1. The quantitative estimate of drug-likeness (QED) is 0.890. The summed E-state index contributed by atoms with van der Waals surface area (Å²) in [6, 6.07) is 8.85. The highest BCUT2D eigenvalue weighted by molar-refractivity contribution is 8.06. The lowest BCUT2D eigenvalue weighted by atomic mass is 10.0. The van der Waals surface area contributed by atoms with E-state index < -0.39 is 0 Å². The standard InChI is InChI=1S/C14H20ClNS2/c1-2-16-13(14-10-17-7-8-18-14)9-11-3-5-12(15)6-4-11/h3-6,13-14,16H,2,7-10H2,1H3. The van der Waals surface area contributed by atoms with E-state index in [9.17, 15) is 0 Å². The molecule has 2 rings (SSSR count). The summed E-state index contributed by atoms with van der Waals surface area (Å²) in [4.78, 5) is 0. The van der Waals surface area contributed by atoms with Crippen molar-refractivity contribution >= 4 is 35.1 Å². The zero-order valence-corrected chi connectivity index (χ0v) is 13.1. The first-order valence-corrected chi connectivity index (χ1v) is 9.05. The van der Waals surface area contributed by atoms with Gasteiger partial charge in [0, 0.05) is 33.6 Å². The topological polar surface area (TPSA) is 12.0 Å². The van der Waals surface area contributed by atoms with E-state index in [-0.39, 0.29) is 0 Å². The van der Waals surface area contributed by atoms with Gasteiger partial charge < -0.3 is 5.32 Å². The molecule has 0 radical (unpaired) electrons. The van der Waals surface area contributed by atoms with Gasteiger partial charge in [-0.1, -0.05) is 30.7 Å². The van der Waals surface area contributed by atoms with Crippen LogP contribution in [0.15, 0.2) is 24.3 Å². The van der Waals surface area contributed by atoms with Gasteiger partial charge in [0.25, 0.3) is 0 Å². The predicted molar refractivity (Wildman–Crippen MR) is 86.2 cm³/mol. The van der Waals surface area contributed by atoms with Crippen molar-refractivity contribution in [3.63, 3.8) is 0 Å². The molecule has 0 saturated carbocycles. The lowest BCUT2D eigenvalue weighted by molar-refractivity contribution is 0.522. The van der Waals surface area contributed by atoms with E-state index >= 15 is 0 Å². The molecule has 2 atom stereocenters. The number of benzene rings is 1. The minimum absolute atomic E-state index is 0.578. The van der Waals surface area contributed by atoms with E-state index in [0.717, 1.165) is 23.2 Å². The fraction of sp³-hybridized carbons (Fsp3) is 0.571. The molecule has 1 aromatic carbocycles. The van der Waals surface area contributed by atoms with Crippen molar-refractivity contribution in [3.8, 4) is 0 Å². The van der Waals surface area contributed by atoms with Gasteiger partial charge in [0.2, 0.25) is 0 Å². The molecular formula is C14H20ClNS2. The molecule has 1 aromatic rings. The Labute approximate surface area is 123 Å². The predicted octanol–water partition coefficient (Wildman–Crippen LogP) is 3.71. The maximum atomic E-state index is 5.93. The summed E-state index contributed by atoms with van der Waals surface area (Å²) in [5.74, 6) is 3.87. The van der Waals surface area contributed by atoms with Crippen molar-refractivity contribution in [2.45, 2.75) is 24.6 Å². The summed E-state index contributed by atoms with van der Waals surface area (Å²) in [5, 5.41) is 5.20. The maximum absolute atomic E-state index is 5.93. The lowest BCUT2D eigenvalue weighted by Crippen LogP contribution is -2.42. The van der Waals surface area contributed by atoms with Crippen LogP contribution in [-0.2, 0) is 6.42 Å². The van der Waals surface area contributed by atoms with Gasteiger partial charge in [-0.15, -0.1) is 0 Å². The molecule has 0 aromatic heterocycles. The van der Waals surface area contributed by atoms with Crippen LogP contribution in [-0.4, -0.2) is 35.1 Å². The molecule has 1 heterocycles. The molecule has 18 heavy (non-hydrogen) atoms. The van der Waals surface area contributed by atoms with Crippen LogP contribution in [0.3, 0.4) is 0 Å². The molecule has 0 spiro atoms. The van der Waals surface area contributed by atoms with Crippen LogP contribution >= 0.6 is 35.1 Å². The van der Waals surface area contributed by atoms with Gasteiger partial charge in [-0.3, -0.25) is 0 Å². The number of rotatable bonds is 5. The molecule has 0 amide bonds. The van der Waals surface area contributed by atoms with Crippen LogP contribution in [0.5, 0.6) is 0 Å². The number of nitrogens with one attached hydrogen (secondary N) is 1. The van der Waals surface area contributed by atoms with Crippen molar-refractivity contribution < 1.29 is 0 Å². The van der Waals surface area contributed by atoms with Gasteiger partial charge in [-0.25, -0.2) is 0 Å². The molecule has 2 unspecified atom stereocenters. The monoisotopic (exact) mass is 301 g/mol. The second kappa shape index (κ2) is 7.68. The zero-order chi connectivity index (χ0) is 12.8. The summed E-state index contributed by atoms with van der Waals surface area (Å²) < 4.78 is 0. The van der Waals surface area contributed by atoms with Crippen molar-refractivity contribution in [1.82, 2.24) is 5.32 Å². The lowest BCUT2D eigenvalue weighted by Gasteiger charge is -2.30. The van der Waals surface area contributed by atoms with Crippen LogP contribution in [0.25, 0.3) is 0 Å². The van der Waals surface area contributed by atoms with Gasteiger partial charge in [0.1, 0.15) is 0 Å². The van der Waals surface area contributed by atoms with Gasteiger partial charge in [0.05, 0.1) is 0 Å². The highest BCUT2D eigenvalue weighted by atomic mass is 35.5. The Kier molecular flexibility index (Phi) is 6.22. The molecule has 100 valence electrons. The largest absolute Gasteiger partial charge is 0.313 e. The van der Waals surface area contributed by atoms with Crippen LogP contribution in [0.4, 0.5) is 0 Å². The van der Waals surface area contributed by atoms with E-state index in [1.165, 1.54) is 22.8 Å². The van der Waals surface area contributed by atoms with E-state index in [4.69, 9.17) is 11.6 Å². The average Bonchev–Trinajstić information content (AvgIpc) is 2.42. The van der Waals surface area contributed by atoms with Gasteiger partial charge in [0.15, 0.2) is 0 Å². The van der Waals surface area contributed by atoms with Crippen molar-refractivity contribution in [2.75, 3.05) is 23.8 Å². The molecule has 0 aliphatic carbocycles. The Morgan fingerprint density at radius 1 is 1.33 bits per heavy atom. The third kappa shape index (κ3) is 4.37. The Balaban J connectivity index is 1.98. The Bertz CT molecular complexity index is 349. The molecule has 1 N–H and O–H groups in total. The number of hydrogen-bond donors (Lipinski definition) is 1. The van der Waals surface area contributed by atoms with Gasteiger partial charge >= 0.3 is 0 Å². The normalized spacial score (nSPS) is 21.8. The Morgan fingerprint density at radius 2 is 2.11 bits per heavy atom. The number of hydrogen-bond acceptors (Lipinski definition) is 3. The average molecular weight is 302 g/mol. The first-order chi connectivity index (χ1) is 8.79. The van der Waals surface area contributed by atoms with E-state index in [1.54, 1.807) is 0 Å². The van der Waals surface area contributed by atoms with Crippen LogP contribution in [0.1, 0.15) is 12.5 Å². The minimum atomic E-state index is 0.578. The third-order valence-electron chi connectivity index (χ3n) is 3.13. The van der Waals surface area contributed by atoms with Crippen LogP contribution in [0, 0.1) is 0 Å². The molecule has 1 nitrogen and oxygen atoms in total. The van der Waals surface area contributed by atoms with Crippen molar-refractivity contribution in [1.29, 1.82) is 0 Å². The summed E-state index contributed by atoms with van der Waals surface area (Å²) in [7, 11) is 0. The number of halogens is 1. The van der Waals surface area contributed by atoms with Crippen molar-refractivity contribution in [3.05, 3.63) is 34.9 Å². The maximum Gasteiger partial charge on any atom is 0.0406 e. The van der Waals surface area contributed by atoms with Crippen LogP contribution < -0.4 is 5.32 Å². The summed E-state index contributed by atoms with van der Waals surface area (Å²) in [6.45, 7) is 3.23. The summed E-state index contributed by atoms with van der Waals surface area (Å²) >= 11 is 10.1. The first kappa shape index (κ1) is 14.6. The highest BCUT2D eigenvalue weighted by Gasteiger charge is 2.23. The molecule has 1 aliphatic rings. The summed E-state index contributed by atoms with van der Waals surface area (Å²) in [6.07, 6.45) is 1.10. The molecule has 4 heteroatoms. The molecule has 1 saturated heterocycles. The molecule has 1 aliphatic heterocycles. The SMILES string of the molecule is CCNC(Cc1ccc(Cl)cc1)C1CSCCS1. The van der Waals surface area contributed by atoms with Gasteiger partial charge in [-0.05, 0) is 30.7 Å². The highest BCUT2D eigenvalue weighted by Crippen LogP contribution is 2.28. The Hall–Kier alpha value is 0.170. The molecule has 1 fully saturated rings. The van der Waals surface area contributed by atoms with E-state index in [1.807, 2.05) is 12.1 Å². The number of thioether (sulfide) groups is 2. The summed E-state index contributed by atoms with van der Waals surface area (Å²) in [5.41, 5.74) is 1.38. The fourth-order valence-electron chi connectivity index (χ4n) is 2.21. The van der Waals surface area contributed by atoms with Crippen molar-refractivity contribution in [2.24, 2.45) is 0 Å². The van der Waals surface area contributed by atoms with E-state index in [0.29, 0.717) is 6.04 Å². The van der Waals surface area contributed by atoms with E-state index in [2.05, 4.69) is 47.9 Å². The Morgan fingerprint density at radius 3 is 2.72 bits per heavy atom. The molecule has 0 bridgehead atoms. The first-order valence-electron chi connectivity index (χ1n) is 6.46. The third-order valence-corrected chi connectivity index (χ3v) is 6.30. The van der Waals surface area contributed by atoms with Crippen LogP contribution in [0.2, 0.25) is 5.02 Å². The zero-order valence-electron chi connectivity index (χ0n) is 10.7. The minimum Gasteiger partial charge on any atom is -0.313 e. The second-order valence-corrected chi connectivity index (χ2v) is 7.41. The fourth-order valence-corrected chi connectivity index (χ4v) is 5.22.